The first kappa shape index (κ1) is 21.8. The van der Waals surface area contributed by atoms with Gasteiger partial charge in [0.25, 0.3) is 0 Å². The molecule has 0 bridgehead atoms. The van der Waals surface area contributed by atoms with Crippen LogP contribution in [-0.4, -0.2) is 33.7 Å². The highest BCUT2D eigenvalue weighted by atomic mass is 32.2. The molecular weight excluding hydrogens is 376 g/mol. The summed E-state index contributed by atoms with van der Waals surface area (Å²) in [5.74, 6) is 0.258. The summed E-state index contributed by atoms with van der Waals surface area (Å²) < 4.78 is 31.1. The molecular formula is C21H28N2O4S. The van der Waals surface area contributed by atoms with E-state index in [9.17, 15) is 13.2 Å². The van der Waals surface area contributed by atoms with E-state index in [0.29, 0.717) is 17.9 Å². The molecule has 0 saturated heterocycles. The van der Waals surface area contributed by atoms with Crippen molar-refractivity contribution in [1.82, 2.24) is 5.32 Å². The maximum atomic E-state index is 12.9. The van der Waals surface area contributed by atoms with Crippen molar-refractivity contribution in [3.63, 3.8) is 0 Å². The van der Waals surface area contributed by atoms with Crippen molar-refractivity contribution >= 4 is 21.6 Å². The van der Waals surface area contributed by atoms with Gasteiger partial charge in [0.2, 0.25) is 15.9 Å². The lowest BCUT2D eigenvalue weighted by Gasteiger charge is -2.30. The van der Waals surface area contributed by atoms with Crippen LogP contribution in [0.25, 0.3) is 0 Å². The molecule has 28 heavy (non-hydrogen) atoms. The summed E-state index contributed by atoms with van der Waals surface area (Å²) in [5.41, 5.74) is 2.54. The Hall–Kier alpha value is -2.54. The van der Waals surface area contributed by atoms with Gasteiger partial charge in [-0.15, -0.1) is 0 Å². The third kappa shape index (κ3) is 5.25. The smallest absolute Gasteiger partial charge is 0.244 e. The van der Waals surface area contributed by atoms with E-state index in [1.54, 1.807) is 31.2 Å². The van der Waals surface area contributed by atoms with Crippen LogP contribution in [0, 0.1) is 6.92 Å². The predicted octanol–water partition coefficient (Wildman–Crippen LogP) is 3.43. The molecule has 7 heteroatoms. The molecule has 6 nitrogen and oxygen atoms in total. The number of carbonyl (C=O) groups excluding carboxylic acids is 1. The molecule has 2 aromatic carbocycles. The fraction of sp³-hybridized carbons (Fsp3) is 0.381. The predicted molar refractivity (Wildman–Crippen MR) is 112 cm³/mol. The fourth-order valence-electron chi connectivity index (χ4n) is 3.05. The maximum absolute atomic E-state index is 12.9. The second-order valence-electron chi connectivity index (χ2n) is 6.81. The minimum Gasteiger partial charge on any atom is -0.497 e. The van der Waals surface area contributed by atoms with Crippen LogP contribution in [0.1, 0.15) is 37.4 Å². The number of rotatable bonds is 8. The van der Waals surface area contributed by atoms with E-state index in [1.165, 1.54) is 7.11 Å². The quantitative estimate of drug-likeness (QED) is 0.731. The van der Waals surface area contributed by atoms with E-state index in [1.807, 2.05) is 38.1 Å². The van der Waals surface area contributed by atoms with Crippen LogP contribution in [0.2, 0.25) is 0 Å². The van der Waals surface area contributed by atoms with Gasteiger partial charge in [-0.25, -0.2) is 8.42 Å². The number of nitrogens with one attached hydrogen (secondary N) is 1. The van der Waals surface area contributed by atoms with Gasteiger partial charge in [0.1, 0.15) is 11.8 Å². The van der Waals surface area contributed by atoms with Gasteiger partial charge in [-0.2, -0.15) is 0 Å². The molecule has 0 unspecified atom stereocenters. The summed E-state index contributed by atoms with van der Waals surface area (Å²) in [5, 5.41) is 2.98. The normalized spacial score (nSPS) is 13.5. The Kier molecular flexibility index (Phi) is 7.07. The van der Waals surface area contributed by atoms with E-state index in [-0.39, 0.29) is 11.9 Å². The van der Waals surface area contributed by atoms with Gasteiger partial charge in [0, 0.05) is 0 Å². The number of hydrogen-bond acceptors (Lipinski definition) is 4. The lowest BCUT2D eigenvalue weighted by Crippen LogP contribution is -2.48. The zero-order chi connectivity index (χ0) is 20.9. The molecule has 0 aliphatic rings. The monoisotopic (exact) mass is 404 g/mol. The van der Waals surface area contributed by atoms with E-state index in [0.717, 1.165) is 21.7 Å². The lowest BCUT2D eigenvalue weighted by atomic mass is 10.0. The molecule has 0 spiro atoms. The molecule has 2 rings (SSSR count). The van der Waals surface area contributed by atoms with Gasteiger partial charge >= 0.3 is 0 Å². The highest BCUT2D eigenvalue weighted by molar-refractivity contribution is 7.92. The molecule has 0 radical (unpaired) electrons. The largest absolute Gasteiger partial charge is 0.497 e. The molecule has 0 aromatic heterocycles. The van der Waals surface area contributed by atoms with Crippen molar-refractivity contribution in [3.8, 4) is 5.75 Å². The highest BCUT2D eigenvalue weighted by Gasteiger charge is 2.30. The number of ether oxygens (including phenoxy) is 1. The number of amides is 1. The molecule has 2 aromatic rings. The van der Waals surface area contributed by atoms with Gasteiger partial charge in [-0.1, -0.05) is 36.8 Å². The third-order valence-electron chi connectivity index (χ3n) is 4.62. The SMILES string of the molecule is CC[C@H](NC(=O)[C@@H](C)N(c1ccc(OC)cc1)S(C)(=O)=O)c1ccc(C)cc1. The molecule has 2 atom stereocenters. The number of anilines is 1. The Morgan fingerprint density at radius 1 is 1.11 bits per heavy atom. The molecule has 0 fully saturated rings. The number of benzene rings is 2. The first-order valence-corrected chi connectivity index (χ1v) is 11.0. The van der Waals surface area contributed by atoms with Crippen LogP contribution in [0.4, 0.5) is 5.69 Å². The second kappa shape index (κ2) is 9.10. The Balaban J connectivity index is 2.26. The van der Waals surface area contributed by atoms with Crippen LogP contribution in [-0.2, 0) is 14.8 Å². The summed E-state index contributed by atoms with van der Waals surface area (Å²) in [6.07, 6.45) is 1.79. The first-order valence-electron chi connectivity index (χ1n) is 9.17. The minimum atomic E-state index is -3.66. The van der Waals surface area contributed by atoms with E-state index < -0.39 is 16.1 Å². The molecule has 0 heterocycles. The topological polar surface area (TPSA) is 75.7 Å². The molecule has 1 N–H and O–H groups in total. The molecule has 0 saturated carbocycles. The molecule has 1 amide bonds. The lowest BCUT2D eigenvalue weighted by molar-refractivity contribution is -0.122. The van der Waals surface area contributed by atoms with Crippen LogP contribution < -0.4 is 14.4 Å². The standard InChI is InChI=1S/C21H28N2O4S/c1-6-20(17-9-7-15(2)8-10-17)22-21(24)16(3)23(28(5,25)26)18-11-13-19(27-4)14-12-18/h7-14,16,20H,6H2,1-5H3,(H,22,24)/t16-,20+/m1/s1. The van der Waals surface area contributed by atoms with Crippen molar-refractivity contribution in [2.45, 2.75) is 39.3 Å². The van der Waals surface area contributed by atoms with Crippen LogP contribution in [0.3, 0.4) is 0 Å². The summed E-state index contributed by atoms with van der Waals surface area (Å²) in [7, 11) is -2.13. The zero-order valence-electron chi connectivity index (χ0n) is 17.0. The molecule has 0 aliphatic carbocycles. The first-order chi connectivity index (χ1) is 13.2. The van der Waals surface area contributed by atoms with Gasteiger partial charge in [-0.05, 0) is 50.1 Å². The summed E-state index contributed by atoms with van der Waals surface area (Å²) >= 11 is 0. The average molecular weight is 405 g/mol. The van der Waals surface area contributed by atoms with E-state index in [2.05, 4.69) is 5.32 Å². The Bertz CT molecular complexity index is 893. The van der Waals surface area contributed by atoms with Crippen molar-refractivity contribution in [1.29, 1.82) is 0 Å². The van der Waals surface area contributed by atoms with Crippen molar-refractivity contribution in [2.24, 2.45) is 0 Å². The Morgan fingerprint density at radius 3 is 2.14 bits per heavy atom. The number of aryl methyl sites for hydroxylation is 1. The van der Waals surface area contributed by atoms with Crippen molar-refractivity contribution in [2.75, 3.05) is 17.7 Å². The molecule has 152 valence electrons. The maximum Gasteiger partial charge on any atom is 0.244 e. The van der Waals surface area contributed by atoms with Gasteiger partial charge < -0.3 is 10.1 Å². The number of sulfonamides is 1. The summed E-state index contributed by atoms with van der Waals surface area (Å²) in [6, 6.07) is 13.4. The Labute approximate surface area is 167 Å². The average Bonchev–Trinajstić information content (AvgIpc) is 2.66. The number of nitrogens with zero attached hydrogens (tertiary/aromatic N) is 1. The van der Waals surface area contributed by atoms with Gasteiger partial charge in [0.15, 0.2) is 0 Å². The van der Waals surface area contributed by atoms with E-state index >= 15 is 0 Å². The fourth-order valence-corrected chi connectivity index (χ4v) is 4.22. The van der Waals surface area contributed by atoms with Crippen LogP contribution >= 0.6 is 0 Å². The summed E-state index contributed by atoms with van der Waals surface area (Å²) in [4.78, 5) is 12.9. The van der Waals surface area contributed by atoms with Gasteiger partial charge in [0.05, 0.1) is 25.1 Å². The van der Waals surface area contributed by atoms with Crippen molar-refractivity contribution in [3.05, 3.63) is 59.7 Å². The Morgan fingerprint density at radius 2 is 1.68 bits per heavy atom. The van der Waals surface area contributed by atoms with E-state index in [4.69, 9.17) is 4.74 Å². The van der Waals surface area contributed by atoms with Crippen molar-refractivity contribution < 1.29 is 17.9 Å². The van der Waals surface area contributed by atoms with Gasteiger partial charge in [-0.3, -0.25) is 9.10 Å². The number of carbonyl (C=O) groups is 1. The summed E-state index contributed by atoms with van der Waals surface area (Å²) in [6.45, 7) is 5.57. The second-order valence-corrected chi connectivity index (χ2v) is 8.67. The molecule has 0 aliphatic heterocycles. The number of hydrogen-bond donors (Lipinski definition) is 1. The van der Waals surface area contributed by atoms with Crippen LogP contribution in [0.5, 0.6) is 5.75 Å². The highest BCUT2D eigenvalue weighted by Crippen LogP contribution is 2.25. The number of methoxy groups -OCH3 is 1. The third-order valence-corrected chi connectivity index (χ3v) is 5.86. The van der Waals surface area contributed by atoms with Crippen LogP contribution in [0.15, 0.2) is 48.5 Å². The zero-order valence-corrected chi connectivity index (χ0v) is 17.8. The minimum absolute atomic E-state index is 0.187.